The van der Waals surface area contributed by atoms with Gasteiger partial charge in [0.15, 0.2) is 17.3 Å². The second-order valence-electron chi connectivity index (χ2n) is 8.00. The molecule has 3 aromatic rings. The molecule has 0 aliphatic heterocycles. The topological polar surface area (TPSA) is 102 Å². The molecule has 0 N–H and O–H groups in total. The fourth-order valence-electron chi connectivity index (χ4n) is 2.86. The zero-order valence-electron chi connectivity index (χ0n) is 21.1. The van der Waals surface area contributed by atoms with Crippen molar-refractivity contribution in [3.63, 3.8) is 0 Å². The fourth-order valence-corrected chi connectivity index (χ4v) is 2.86. The van der Waals surface area contributed by atoms with Crippen LogP contribution in [0.25, 0.3) is 0 Å². The Balaban J connectivity index is 0.000000518. The third-order valence-corrected chi connectivity index (χ3v) is 4.52. The van der Waals surface area contributed by atoms with Crippen LogP contribution in [0.5, 0.6) is 0 Å². The molecule has 0 spiro atoms. The molecule has 0 heterocycles. The maximum absolute atomic E-state index is 11.2. The summed E-state index contributed by atoms with van der Waals surface area (Å²) in [6.45, 7) is 4.25. The molecule has 37 heavy (non-hydrogen) atoms. The Bertz CT molecular complexity index is 1020. The minimum atomic E-state index is -0.108. The molecule has 1 radical (unpaired) electrons. The van der Waals surface area contributed by atoms with Gasteiger partial charge in [-0.3, -0.25) is 28.8 Å². The number of carbonyl (C=O) groups excluding carboxylic acids is 6. The molecule has 0 atom stereocenters. The summed E-state index contributed by atoms with van der Waals surface area (Å²) in [6.07, 6.45) is 0.0119. The molecule has 0 unspecified atom stereocenters. The van der Waals surface area contributed by atoms with E-state index >= 15 is 0 Å². The summed E-state index contributed by atoms with van der Waals surface area (Å²) in [4.78, 5) is 65.5. The van der Waals surface area contributed by atoms with Crippen molar-refractivity contribution in [1.29, 1.82) is 0 Å². The Labute approximate surface area is 230 Å². The number of hydrogen-bond donors (Lipinski definition) is 0. The van der Waals surface area contributed by atoms with Gasteiger partial charge in [0.25, 0.3) is 0 Å². The number of benzene rings is 3. The fraction of sp³-hybridized carbons (Fsp3) is 0.200. The minimum Gasteiger partial charge on any atom is -0.300 e. The summed E-state index contributed by atoms with van der Waals surface area (Å²) < 4.78 is 0. The van der Waals surface area contributed by atoms with Crippen LogP contribution in [-0.4, -0.2) is 34.7 Å². The monoisotopic (exact) mass is 589 g/mol. The van der Waals surface area contributed by atoms with Crippen molar-refractivity contribution in [2.45, 2.75) is 40.0 Å². The van der Waals surface area contributed by atoms with Crippen LogP contribution < -0.4 is 0 Å². The van der Waals surface area contributed by atoms with E-state index in [-0.39, 0.29) is 73.4 Å². The van der Waals surface area contributed by atoms with Crippen LogP contribution in [0, 0.1) is 0 Å². The molecule has 0 saturated heterocycles. The minimum absolute atomic E-state index is 0. The van der Waals surface area contributed by atoms with E-state index in [1.165, 1.54) is 20.8 Å². The first-order chi connectivity index (χ1) is 17.1. The quantitative estimate of drug-likeness (QED) is 0.185. The van der Waals surface area contributed by atoms with Crippen LogP contribution >= 0.6 is 0 Å². The molecule has 3 aromatic carbocycles. The molecule has 0 amide bonds. The van der Waals surface area contributed by atoms with Crippen molar-refractivity contribution in [3.8, 4) is 0 Å². The van der Waals surface area contributed by atoms with Gasteiger partial charge in [0.1, 0.15) is 17.3 Å². The number of carbonyl (C=O) groups is 6. The van der Waals surface area contributed by atoms with Gasteiger partial charge in [-0.15, -0.1) is 0 Å². The van der Waals surface area contributed by atoms with Crippen molar-refractivity contribution < 1.29 is 48.2 Å². The molecule has 0 aliphatic carbocycles. The molecule has 0 aliphatic rings. The summed E-state index contributed by atoms with van der Waals surface area (Å²) in [7, 11) is 0. The predicted molar refractivity (Wildman–Crippen MR) is 138 cm³/mol. The maximum atomic E-state index is 11.2. The summed E-state index contributed by atoms with van der Waals surface area (Å²) in [5.41, 5.74) is 1.81. The van der Waals surface area contributed by atoms with Gasteiger partial charge < -0.3 is 0 Å². The third-order valence-electron chi connectivity index (χ3n) is 4.52. The first-order valence-corrected chi connectivity index (χ1v) is 11.3. The second-order valence-corrected chi connectivity index (χ2v) is 8.00. The third kappa shape index (κ3) is 15.1. The van der Waals surface area contributed by atoms with Gasteiger partial charge in [0.05, 0.1) is 19.3 Å². The molecule has 0 aromatic heterocycles. The van der Waals surface area contributed by atoms with E-state index in [4.69, 9.17) is 0 Å². The Morgan fingerprint density at radius 1 is 0.405 bits per heavy atom. The van der Waals surface area contributed by atoms with Crippen molar-refractivity contribution in [2.75, 3.05) is 0 Å². The molecule has 195 valence electrons. The zero-order chi connectivity index (χ0) is 26.9. The van der Waals surface area contributed by atoms with Crippen molar-refractivity contribution >= 4 is 34.7 Å². The van der Waals surface area contributed by atoms with Crippen LogP contribution in [-0.2, 0) is 33.9 Å². The first kappa shape index (κ1) is 33.3. The largest absolute Gasteiger partial charge is 0.300 e. The van der Waals surface area contributed by atoms with E-state index in [9.17, 15) is 28.8 Å². The zero-order valence-corrected chi connectivity index (χ0v) is 22.7. The molecule has 0 bridgehead atoms. The van der Waals surface area contributed by atoms with E-state index in [1.54, 1.807) is 72.8 Å². The smallest absolute Gasteiger partial charge is 0.170 e. The molecule has 0 fully saturated rings. The predicted octanol–water partition coefficient (Wildman–Crippen LogP) is 5.54. The molecule has 3 rings (SSSR count). The van der Waals surface area contributed by atoms with Crippen LogP contribution in [0.1, 0.15) is 71.1 Å². The second kappa shape index (κ2) is 18.6. The number of hydrogen-bond acceptors (Lipinski definition) is 6. The molecular formula is C30H30O6Rh. The Hall–Kier alpha value is -3.70. The van der Waals surface area contributed by atoms with Crippen molar-refractivity contribution in [2.24, 2.45) is 0 Å². The molecule has 7 heteroatoms. The Kier molecular flexibility index (Phi) is 16.7. The van der Waals surface area contributed by atoms with Crippen LogP contribution in [0.4, 0.5) is 0 Å². The van der Waals surface area contributed by atoms with E-state index in [1.807, 2.05) is 18.2 Å². The van der Waals surface area contributed by atoms with Gasteiger partial charge >= 0.3 is 0 Å². The SMILES string of the molecule is CC(=O)CC(=O)c1ccccc1.CC(=O)CC(=O)c1ccccc1.CC(=O)CC(=O)c1ccccc1.[Rh]. The van der Waals surface area contributed by atoms with E-state index in [2.05, 4.69) is 0 Å². The number of ketones is 6. The number of Topliss-reactive ketones (excluding diaryl/α,β-unsaturated/α-hetero) is 6. The van der Waals surface area contributed by atoms with Gasteiger partial charge in [0.2, 0.25) is 0 Å². The van der Waals surface area contributed by atoms with Crippen LogP contribution in [0.3, 0.4) is 0 Å². The molecule has 6 nitrogen and oxygen atoms in total. The van der Waals surface area contributed by atoms with Gasteiger partial charge in [-0.25, -0.2) is 0 Å². The average Bonchev–Trinajstić information content (AvgIpc) is 2.85. The average molecular weight is 589 g/mol. The van der Waals surface area contributed by atoms with Gasteiger partial charge in [-0.05, 0) is 20.8 Å². The summed E-state index contributed by atoms with van der Waals surface area (Å²) in [5.74, 6) is -0.606. The summed E-state index contributed by atoms with van der Waals surface area (Å²) >= 11 is 0. The first-order valence-electron chi connectivity index (χ1n) is 11.3. The maximum Gasteiger partial charge on any atom is 0.170 e. The van der Waals surface area contributed by atoms with Crippen LogP contribution in [0.15, 0.2) is 91.0 Å². The van der Waals surface area contributed by atoms with Crippen molar-refractivity contribution in [3.05, 3.63) is 108 Å². The van der Waals surface area contributed by atoms with Gasteiger partial charge in [-0.2, -0.15) is 0 Å². The number of rotatable bonds is 9. The molecule has 0 saturated carbocycles. The van der Waals surface area contributed by atoms with E-state index in [0.717, 1.165) is 0 Å². The normalized spacial score (nSPS) is 9.16. The van der Waals surface area contributed by atoms with E-state index < -0.39 is 0 Å². The van der Waals surface area contributed by atoms with Crippen molar-refractivity contribution in [1.82, 2.24) is 0 Å². The van der Waals surface area contributed by atoms with Gasteiger partial charge in [0, 0.05) is 36.2 Å². The summed E-state index contributed by atoms with van der Waals surface area (Å²) in [5, 5.41) is 0. The van der Waals surface area contributed by atoms with E-state index in [0.29, 0.717) is 16.7 Å². The Morgan fingerprint density at radius 2 is 0.595 bits per heavy atom. The molecular weight excluding hydrogens is 559 g/mol. The Morgan fingerprint density at radius 3 is 0.757 bits per heavy atom. The summed E-state index contributed by atoms with van der Waals surface area (Å²) in [6, 6.07) is 26.5. The van der Waals surface area contributed by atoms with Crippen LogP contribution in [0.2, 0.25) is 0 Å². The standard InChI is InChI=1S/3C10H10O2.Rh/c3*1-8(11)7-10(12)9-5-3-2-4-6-9;/h3*2-6H,7H2,1H3;. The van der Waals surface area contributed by atoms with Gasteiger partial charge in [-0.1, -0.05) is 91.0 Å².